The number of pyridine rings is 1. The minimum atomic E-state index is -3.19. The maximum absolute atomic E-state index is 12.4. The molecule has 0 amide bonds. The third kappa shape index (κ3) is 3.16. The lowest BCUT2D eigenvalue weighted by Crippen LogP contribution is -2.48. The van der Waals surface area contributed by atoms with Gasteiger partial charge in [0.1, 0.15) is 11.4 Å². The molecule has 0 aromatic carbocycles. The molecule has 1 atom stereocenters. The van der Waals surface area contributed by atoms with Gasteiger partial charge < -0.3 is 4.90 Å². The summed E-state index contributed by atoms with van der Waals surface area (Å²) in [6.07, 6.45) is 0. The SMILES string of the molecule is CCS(=O)(=O)C1CSCCN1c1cc(C)nc(C)c1C#N. The number of nitriles is 1. The second-order valence-electron chi connectivity index (χ2n) is 5.03. The predicted octanol–water partition coefficient (Wildman–Crippen LogP) is 1.88. The Morgan fingerprint density at radius 3 is 2.86 bits per heavy atom. The first kappa shape index (κ1) is 16.1. The van der Waals surface area contributed by atoms with Crippen LogP contribution in [0.4, 0.5) is 5.69 Å². The van der Waals surface area contributed by atoms with Crippen LogP contribution >= 0.6 is 11.8 Å². The van der Waals surface area contributed by atoms with Gasteiger partial charge >= 0.3 is 0 Å². The van der Waals surface area contributed by atoms with Crippen molar-refractivity contribution in [2.24, 2.45) is 0 Å². The molecule has 7 heteroatoms. The average molecular weight is 325 g/mol. The zero-order valence-electron chi connectivity index (χ0n) is 12.5. The fraction of sp³-hybridized carbons (Fsp3) is 0.571. The van der Waals surface area contributed by atoms with Gasteiger partial charge in [-0.1, -0.05) is 6.92 Å². The Labute approximate surface area is 130 Å². The van der Waals surface area contributed by atoms with Crippen LogP contribution in [0.1, 0.15) is 23.9 Å². The molecule has 2 rings (SSSR count). The van der Waals surface area contributed by atoms with Crippen molar-refractivity contribution in [1.82, 2.24) is 4.98 Å². The lowest BCUT2D eigenvalue weighted by molar-refractivity contribution is 0.579. The highest BCUT2D eigenvalue weighted by atomic mass is 32.2. The van der Waals surface area contributed by atoms with Crippen LogP contribution in [-0.4, -0.2) is 42.6 Å². The highest BCUT2D eigenvalue weighted by Gasteiger charge is 2.34. The Hall–Kier alpha value is -1.26. The lowest BCUT2D eigenvalue weighted by Gasteiger charge is -2.37. The van der Waals surface area contributed by atoms with Crippen molar-refractivity contribution >= 4 is 27.3 Å². The molecule has 0 spiro atoms. The topological polar surface area (TPSA) is 74.1 Å². The molecular weight excluding hydrogens is 306 g/mol. The van der Waals surface area contributed by atoms with Crippen molar-refractivity contribution in [2.45, 2.75) is 26.1 Å². The van der Waals surface area contributed by atoms with Crippen LogP contribution in [0.25, 0.3) is 0 Å². The van der Waals surface area contributed by atoms with E-state index in [1.165, 1.54) is 0 Å². The quantitative estimate of drug-likeness (QED) is 0.845. The van der Waals surface area contributed by atoms with Gasteiger partial charge in [0, 0.05) is 29.5 Å². The molecule has 1 fully saturated rings. The van der Waals surface area contributed by atoms with Gasteiger partial charge in [0.2, 0.25) is 0 Å². The summed E-state index contributed by atoms with van der Waals surface area (Å²) in [6.45, 7) is 5.95. The van der Waals surface area contributed by atoms with Crippen molar-refractivity contribution in [3.8, 4) is 6.07 Å². The van der Waals surface area contributed by atoms with Crippen molar-refractivity contribution in [2.75, 3.05) is 28.7 Å². The molecule has 0 saturated carbocycles. The molecule has 1 unspecified atom stereocenters. The molecule has 0 aliphatic carbocycles. The molecule has 0 radical (unpaired) electrons. The van der Waals surface area contributed by atoms with E-state index in [1.54, 1.807) is 25.6 Å². The number of nitrogens with zero attached hydrogens (tertiary/aromatic N) is 3. The summed E-state index contributed by atoms with van der Waals surface area (Å²) in [5.74, 6) is 1.52. The van der Waals surface area contributed by atoms with Gasteiger partial charge in [-0.15, -0.1) is 0 Å². The van der Waals surface area contributed by atoms with Crippen LogP contribution in [0.2, 0.25) is 0 Å². The van der Waals surface area contributed by atoms with E-state index in [2.05, 4.69) is 11.1 Å². The predicted molar refractivity (Wildman–Crippen MR) is 86.3 cm³/mol. The van der Waals surface area contributed by atoms with Gasteiger partial charge in [0.15, 0.2) is 9.84 Å². The average Bonchev–Trinajstić information content (AvgIpc) is 2.46. The van der Waals surface area contributed by atoms with E-state index in [0.717, 1.165) is 11.4 Å². The van der Waals surface area contributed by atoms with Gasteiger partial charge in [0.05, 0.1) is 16.9 Å². The fourth-order valence-corrected chi connectivity index (χ4v) is 5.50. The van der Waals surface area contributed by atoms with Crippen molar-refractivity contribution in [3.05, 3.63) is 23.0 Å². The third-order valence-electron chi connectivity index (χ3n) is 3.63. The first-order valence-electron chi connectivity index (χ1n) is 6.85. The van der Waals surface area contributed by atoms with Gasteiger partial charge in [-0.2, -0.15) is 17.0 Å². The first-order valence-corrected chi connectivity index (χ1v) is 9.72. The summed E-state index contributed by atoms with van der Waals surface area (Å²) in [4.78, 5) is 6.17. The van der Waals surface area contributed by atoms with E-state index < -0.39 is 15.2 Å². The highest BCUT2D eigenvalue weighted by molar-refractivity contribution is 8.01. The Balaban J connectivity index is 2.55. The molecule has 1 aromatic heterocycles. The summed E-state index contributed by atoms with van der Waals surface area (Å²) < 4.78 is 24.7. The molecule has 1 saturated heterocycles. The Kier molecular flexibility index (Phi) is 4.79. The largest absolute Gasteiger partial charge is 0.352 e. The molecule has 1 aliphatic rings. The molecule has 0 bridgehead atoms. The van der Waals surface area contributed by atoms with Crippen LogP contribution in [0.15, 0.2) is 6.07 Å². The summed E-state index contributed by atoms with van der Waals surface area (Å²) in [5.41, 5.74) is 2.62. The van der Waals surface area contributed by atoms with E-state index >= 15 is 0 Å². The van der Waals surface area contributed by atoms with E-state index in [9.17, 15) is 13.7 Å². The van der Waals surface area contributed by atoms with Gasteiger partial charge in [0.25, 0.3) is 0 Å². The van der Waals surface area contributed by atoms with Crippen molar-refractivity contribution in [3.63, 3.8) is 0 Å². The van der Waals surface area contributed by atoms with Gasteiger partial charge in [-0.05, 0) is 19.9 Å². The van der Waals surface area contributed by atoms with Crippen LogP contribution in [0.5, 0.6) is 0 Å². The highest BCUT2D eigenvalue weighted by Crippen LogP contribution is 2.31. The molecule has 1 aromatic rings. The van der Waals surface area contributed by atoms with Gasteiger partial charge in [-0.25, -0.2) is 8.42 Å². The lowest BCUT2D eigenvalue weighted by atomic mass is 10.1. The minimum Gasteiger partial charge on any atom is -0.352 e. The maximum Gasteiger partial charge on any atom is 0.171 e. The zero-order chi connectivity index (χ0) is 15.6. The number of hydrogen-bond donors (Lipinski definition) is 0. The molecule has 5 nitrogen and oxygen atoms in total. The summed E-state index contributed by atoms with van der Waals surface area (Å²) in [5, 5.41) is 8.84. The van der Waals surface area contributed by atoms with E-state index in [4.69, 9.17) is 0 Å². The standard InChI is InChI=1S/C14H19N3O2S2/c1-4-21(18,19)14-9-20-6-5-17(14)13-7-10(2)16-11(3)12(13)8-15/h7,14H,4-6,9H2,1-3H3. The van der Waals surface area contributed by atoms with Crippen LogP contribution in [0.3, 0.4) is 0 Å². The number of anilines is 1. The van der Waals surface area contributed by atoms with Crippen LogP contribution in [-0.2, 0) is 9.84 Å². The number of aromatic nitrogens is 1. The van der Waals surface area contributed by atoms with Crippen molar-refractivity contribution in [1.29, 1.82) is 5.26 Å². The molecule has 2 heterocycles. The molecule has 21 heavy (non-hydrogen) atoms. The third-order valence-corrected chi connectivity index (χ3v) is 6.92. The van der Waals surface area contributed by atoms with Gasteiger partial charge in [-0.3, -0.25) is 4.98 Å². The molecule has 1 aliphatic heterocycles. The van der Waals surface area contributed by atoms with E-state index in [0.29, 0.717) is 29.2 Å². The second-order valence-corrected chi connectivity index (χ2v) is 8.63. The van der Waals surface area contributed by atoms with Crippen molar-refractivity contribution < 1.29 is 8.42 Å². The Morgan fingerprint density at radius 1 is 1.52 bits per heavy atom. The van der Waals surface area contributed by atoms with Crippen LogP contribution < -0.4 is 4.90 Å². The first-order chi connectivity index (χ1) is 9.90. The number of aryl methyl sites for hydroxylation is 2. The summed E-state index contributed by atoms with van der Waals surface area (Å²) >= 11 is 1.65. The molecule has 0 N–H and O–H groups in total. The zero-order valence-corrected chi connectivity index (χ0v) is 14.1. The minimum absolute atomic E-state index is 0.111. The normalized spacial score (nSPS) is 19.3. The van der Waals surface area contributed by atoms with E-state index in [1.807, 2.05) is 17.9 Å². The monoisotopic (exact) mass is 325 g/mol. The number of hydrogen-bond acceptors (Lipinski definition) is 6. The fourth-order valence-electron chi connectivity index (χ4n) is 2.52. The van der Waals surface area contributed by atoms with Crippen LogP contribution in [0, 0.1) is 25.2 Å². The number of sulfone groups is 1. The number of thioether (sulfide) groups is 1. The molecule has 114 valence electrons. The summed E-state index contributed by atoms with van der Waals surface area (Å²) in [6, 6.07) is 3.99. The van der Waals surface area contributed by atoms with E-state index in [-0.39, 0.29) is 5.75 Å². The summed E-state index contributed by atoms with van der Waals surface area (Å²) in [7, 11) is -3.19. The molecular formula is C14H19N3O2S2. The number of rotatable bonds is 3. The Bertz CT molecular complexity index is 680. The second kappa shape index (κ2) is 6.24. The Morgan fingerprint density at radius 2 is 2.24 bits per heavy atom. The smallest absolute Gasteiger partial charge is 0.171 e. The maximum atomic E-state index is 12.4.